The van der Waals surface area contributed by atoms with E-state index < -0.39 is 23.9 Å². The van der Waals surface area contributed by atoms with E-state index >= 15 is 0 Å². The first kappa shape index (κ1) is 26.7. The highest BCUT2D eigenvalue weighted by Gasteiger charge is 2.37. The maximum Gasteiger partial charge on any atom is 0.276 e. The third kappa shape index (κ3) is 6.15. The summed E-state index contributed by atoms with van der Waals surface area (Å²) < 4.78 is 26.5. The van der Waals surface area contributed by atoms with Crippen molar-refractivity contribution in [3.63, 3.8) is 0 Å². The number of fused-ring (bicyclic) bond motifs is 1. The van der Waals surface area contributed by atoms with Gasteiger partial charge in [-0.1, -0.05) is 25.1 Å². The molecule has 2 N–H and O–H groups in total. The van der Waals surface area contributed by atoms with Gasteiger partial charge in [-0.25, -0.2) is 4.39 Å². The number of carbonyl (C=O) groups excluding carboxylic acids is 3. The predicted molar refractivity (Wildman–Crippen MR) is 132 cm³/mol. The van der Waals surface area contributed by atoms with Gasteiger partial charge in [-0.15, -0.1) is 0 Å². The Kier molecular flexibility index (Phi) is 8.21. The van der Waals surface area contributed by atoms with Crippen molar-refractivity contribution in [1.82, 2.24) is 15.1 Å². The molecule has 0 radical (unpaired) electrons. The second kappa shape index (κ2) is 11.4. The number of aliphatic hydroxyl groups excluding tert-OH is 1. The van der Waals surface area contributed by atoms with E-state index in [2.05, 4.69) is 10.2 Å². The topological polar surface area (TPSA) is 108 Å². The first-order chi connectivity index (χ1) is 17.7. The monoisotopic (exact) mass is 513 g/mol. The van der Waals surface area contributed by atoms with Crippen LogP contribution in [0.4, 0.5) is 4.39 Å². The normalized spacial score (nSPS) is 20.5. The summed E-state index contributed by atoms with van der Waals surface area (Å²) in [7, 11) is 0. The number of morpholine rings is 1. The number of imide groups is 1. The first-order valence-corrected chi connectivity index (χ1v) is 12.4. The molecular weight excluding hydrogens is 481 g/mol. The molecule has 2 aliphatic heterocycles. The van der Waals surface area contributed by atoms with Crippen LogP contribution in [0, 0.1) is 5.82 Å². The Morgan fingerprint density at radius 2 is 1.95 bits per heavy atom. The number of ether oxygens (including phenoxy) is 2. The van der Waals surface area contributed by atoms with E-state index in [1.165, 1.54) is 6.07 Å². The molecule has 1 fully saturated rings. The minimum atomic E-state index is -1.83. The Balaban J connectivity index is 1.41. The molecule has 0 aliphatic carbocycles. The van der Waals surface area contributed by atoms with Crippen LogP contribution in [0.25, 0.3) is 0 Å². The van der Waals surface area contributed by atoms with Gasteiger partial charge in [0.05, 0.1) is 18.8 Å². The van der Waals surface area contributed by atoms with Crippen LogP contribution in [0.2, 0.25) is 0 Å². The van der Waals surface area contributed by atoms with Crippen molar-refractivity contribution in [2.75, 3.05) is 13.1 Å². The van der Waals surface area contributed by atoms with Crippen molar-refractivity contribution in [3.8, 4) is 5.75 Å². The molecule has 2 aliphatic rings. The molecule has 1 saturated heterocycles. The van der Waals surface area contributed by atoms with E-state index in [0.717, 1.165) is 23.6 Å². The summed E-state index contributed by atoms with van der Waals surface area (Å²) >= 11 is 0. The molecule has 3 amide bonds. The average Bonchev–Trinajstić information content (AvgIpc) is 3.19. The van der Waals surface area contributed by atoms with Crippen molar-refractivity contribution >= 4 is 17.7 Å². The highest BCUT2D eigenvalue weighted by Crippen LogP contribution is 2.32. The summed E-state index contributed by atoms with van der Waals surface area (Å²) in [6.07, 6.45) is -1.50. The van der Waals surface area contributed by atoms with Gasteiger partial charge in [0.15, 0.2) is 0 Å². The fourth-order valence-electron chi connectivity index (χ4n) is 4.72. The molecule has 10 heteroatoms. The predicted octanol–water partition coefficient (Wildman–Crippen LogP) is 2.34. The minimum absolute atomic E-state index is 0.0591. The molecular formula is C27H32FN3O6. The van der Waals surface area contributed by atoms with Gasteiger partial charge in [-0.05, 0) is 37.6 Å². The molecule has 4 rings (SSSR count). The second-order valence-electron chi connectivity index (χ2n) is 9.52. The van der Waals surface area contributed by atoms with Gasteiger partial charge in [-0.3, -0.25) is 24.6 Å². The molecule has 0 spiro atoms. The van der Waals surface area contributed by atoms with Crippen LogP contribution < -0.4 is 10.1 Å². The molecule has 2 aromatic carbocycles. The average molecular weight is 514 g/mol. The van der Waals surface area contributed by atoms with Gasteiger partial charge >= 0.3 is 0 Å². The fraction of sp³-hybridized carbons (Fsp3) is 0.444. The lowest BCUT2D eigenvalue weighted by Crippen LogP contribution is -2.48. The minimum Gasteiger partial charge on any atom is -0.488 e. The van der Waals surface area contributed by atoms with E-state index in [-0.39, 0.29) is 43.2 Å². The second-order valence-corrected chi connectivity index (χ2v) is 9.52. The summed E-state index contributed by atoms with van der Waals surface area (Å²) in [5, 5.41) is 12.4. The summed E-state index contributed by atoms with van der Waals surface area (Å²) in [5.74, 6) is -2.12. The number of aliphatic hydroxyl groups is 1. The lowest BCUT2D eigenvalue weighted by Gasteiger charge is -2.35. The van der Waals surface area contributed by atoms with Gasteiger partial charge in [0.1, 0.15) is 18.2 Å². The summed E-state index contributed by atoms with van der Waals surface area (Å²) in [6, 6.07) is 9.91. The third-order valence-electron chi connectivity index (χ3n) is 6.47. The molecule has 2 heterocycles. The zero-order valence-corrected chi connectivity index (χ0v) is 21.2. The Morgan fingerprint density at radius 3 is 2.62 bits per heavy atom. The van der Waals surface area contributed by atoms with Crippen LogP contribution in [-0.2, 0) is 34.0 Å². The van der Waals surface area contributed by atoms with E-state index in [4.69, 9.17) is 9.47 Å². The highest BCUT2D eigenvalue weighted by atomic mass is 19.1. The Hall–Kier alpha value is -3.34. The van der Waals surface area contributed by atoms with Crippen LogP contribution >= 0.6 is 0 Å². The van der Waals surface area contributed by atoms with E-state index in [1.54, 1.807) is 31.2 Å². The molecule has 9 nitrogen and oxygen atoms in total. The quantitative estimate of drug-likeness (QED) is 0.558. The molecule has 0 saturated carbocycles. The number of amides is 3. The van der Waals surface area contributed by atoms with Gasteiger partial charge in [0, 0.05) is 42.7 Å². The third-order valence-corrected chi connectivity index (χ3v) is 6.47. The first-order valence-electron chi connectivity index (χ1n) is 12.4. The number of hydrogen-bond donors (Lipinski definition) is 2. The standard InChI is InChI=1S/C27H32FN3O6/c1-4-24(32)29-25(33)27(35)31-14-21-20(26(31)34)6-5-7-23(21)36-15-19-9-8-18(10-22(19)28)13-30-11-16(2)37-17(3)12-30/h5-10,16-17,27,35H,4,11-15H2,1-3H3,(H,29,32,33). The SMILES string of the molecule is CCC(=O)NC(=O)C(O)N1Cc2c(OCc3ccc(CN4CC(C)OC(C)C4)cc3F)cccc2C1=O. The number of rotatable bonds is 8. The smallest absolute Gasteiger partial charge is 0.276 e. The van der Waals surface area contributed by atoms with E-state index in [0.29, 0.717) is 23.4 Å². The number of carbonyl (C=O) groups is 3. The summed E-state index contributed by atoms with van der Waals surface area (Å²) in [6.45, 7) is 7.68. The van der Waals surface area contributed by atoms with Crippen LogP contribution in [0.3, 0.4) is 0 Å². The molecule has 0 aromatic heterocycles. The lowest BCUT2D eigenvalue weighted by atomic mass is 10.1. The maximum atomic E-state index is 14.9. The Bertz CT molecular complexity index is 1180. The zero-order chi connectivity index (χ0) is 26.7. The zero-order valence-electron chi connectivity index (χ0n) is 21.2. The molecule has 37 heavy (non-hydrogen) atoms. The van der Waals surface area contributed by atoms with Crippen LogP contribution in [0.15, 0.2) is 36.4 Å². The van der Waals surface area contributed by atoms with Crippen molar-refractivity contribution in [2.24, 2.45) is 0 Å². The van der Waals surface area contributed by atoms with Gasteiger partial charge in [-0.2, -0.15) is 0 Å². The fourth-order valence-corrected chi connectivity index (χ4v) is 4.72. The summed E-state index contributed by atoms with van der Waals surface area (Å²) in [4.78, 5) is 39.6. The Morgan fingerprint density at radius 1 is 1.22 bits per heavy atom. The van der Waals surface area contributed by atoms with Crippen molar-refractivity contribution in [1.29, 1.82) is 0 Å². The number of halogens is 1. The largest absolute Gasteiger partial charge is 0.488 e. The molecule has 198 valence electrons. The van der Waals surface area contributed by atoms with Gasteiger partial charge < -0.3 is 19.5 Å². The number of hydrogen-bond acceptors (Lipinski definition) is 7. The Labute approximate surface area is 215 Å². The van der Waals surface area contributed by atoms with Crippen molar-refractivity contribution in [3.05, 3.63) is 64.5 Å². The number of nitrogens with one attached hydrogen (secondary N) is 1. The van der Waals surface area contributed by atoms with Gasteiger partial charge in [0.25, 0.3) is 11.8 Å². The van der Waals surface area contributed by atoms with Gasteiger partial charge in [0.2, 0.25) is 12.1 Å². The number of nitrogens with zero attached hydrogens (tertiary/aromatic N) is 2. The molecule has 3 unspecified atom stereocenters. The number of benzene rings is 2. The molecule has 3 atom stereocenters. The van der Waals surface area contributed by atoms with Crippen LogP contribution in [0.5, 0.6) is 5.75 Å². The van der Waals surface area contributed by atoms with Crippen LogP contribution in [0.1, 0.15) is 54.2 Å². The summed E-state index contributed by atoms with van der Waals surface area (Å²) in [5.41, 5.74) is 1.98. The van der Waals surface area contributed by atoms with E-state index in [1.807, 2.05) is 19.9 Å². The molecule has 2 aromatic rings. The molecule has 0 bridgehead atoms. The van der Waals surface area contributed by atoms with Crippen molar-refractivity contribution in [2.45, 2.75) is 65.3 Å². The van der Waals surface area contributed by atoms with Crippen molar-refractivity contribution < 1.29 is 33.4 Å². The van der Waals surface area contributed by atoms with Crippen LogP contribution in [-0.4, -0.2) is 64.2 Å². The van der Waals surface area contributed by atoms with E-state index in [9.17, 15) is 23.9 Å². The lowest BCUT2D eigenvalue weighted by molar-refractivity contribution is -0.141. The highest BCUT2D eigenvalue weighted by molar-refractivity contribution is 6.03. The maximum absolute atomic E-state index is 14.9.